The first-order valence-corrected chi connectivity index (χ1v) is 4.23. The molecule has 3 heteroatoms. The zero-order chi connectivity index (χ0) is 9.73. The van der Waals surface area contributed by atoms with Crippen molar-refractivity contribution < 1.29 is 5.11 Å². The molecule has 1 rings (SSSR count). The molecule has 3 nitrogen and oxygen atoms in total. The summed E-state index contributed by atoms with van der Waals surface area (Å²) in [5, 5.41) is 16.9. The van der Waals surface area contributed by atoms with Crippen molar-refractivity contribution in [2.45, 2.75) is 26.1 Å². The molecule has 0 aliphatic carbocycles. The minimum atomic E-state index is -1.06. The number of rotatable bonds is 3. The number of hydrogen-bond donors (Lipinski definition) is 1. The molecule has 0 atom stereocenters. The molecular formula is C10H14N2O. The van der Waals surface area contributed by atoms with Gasteiger partial charge in [0.05, 0.1) is 6.54 Å². The maximum Gasteiger partial charge on any atom is 0.170 e. The predicted molar refractivity (Wildman–Crippen MR) is 51.3 cm³/mol. The van der Waals surface area contributed by atoms with Gasteiger partial charge in [0.15, 0.2) is 5.72 Å². The number of azo groups is 1. The molecule has 0 heterocycles. The summed E-state index contributed by atoms with van der Waals surface area (Å²) >= 11 is 0. The summed E-state index contributed by atoms with van der Waals surface area (Å²) in [6.45, 7) is 3.72. The lowest BCUT2D eigenvalue weighted by atomic mass is 10.2. The van der Waals surface area contributed by atoms with E-state index in [-0.39, 0.29) is 0 Å². The van der Waals surface area contributed by atoms with Crippen LogP contribution in [0.1, 0.15) is 19.4 Å². The van der Waals surface area contributed by atoms with E-state index < -0.39 is 5.72 Å². The molecule has 0 saturated carbocycles. The van der Waals surface area contributed by atoms with E-state index in [1.165, 1.54) is 0 Å². The molecule has 0 aromatic heterocycles. The number of hydrogen-bond acceptors (Lipinski definition) is 3. The molecule has 1 aromatic rings. The molecule has 70 valence electrons. The fourth-order valence-electron chi connectivity index (χ4n) is 0.873. The Morgan fingerprint density at radius 2 is 1.85 bits per heavy atom. The second-order valence-electron chi connectivity index (χ2n) is 3.38. The van der Waals surface area contributed by atoms with Crippen molar-refractivity contribution in [2.75, 3.05) is 0 Å². The maximum absolute atomic E-state index is 9.24. The molecule has 0 radical (unpaired) electrons. The maximum atomic E-state index is 9.24. The summed E-state index contributed by atoms with van der Waals surface area (Å²) in [6, 6.07) is 9.81. The van der Waals surface area contributed by atoms with Gasteiger partial charge in [-0.15, -0.1) is 0 Å². The molecule has 0 aliphatic heterocycles. The summed E-state index contributed by atoms with van der Waals surface area (Å²) < 4.78 is 0. The summed E-state index contributed by atoms with van der Waals surface area (Å²) in [4.78, 5) is 0. The molecule has 1 N–H and O–H groups in total. The van der Waals surface area contributed by atoms with Crippen LogP contribution in [0.2, 0.25) is 0 Å². The van der Waals surface area contributed by atoms with E-state index in [1.807, 2.05) is 30.3 Å². The monoisotopic (exact) mass is 178 g/mol. The van der Waals surface area contributed by atoms with Gasteiger partial charge >= 0.3 is 0 Å². The smallest absolute Gasteiger partial charge is 0.170 e. The average molecular weight is 178 g/mol. The van der Waals surface area contributed by atoms with Gasteiger partial charge in [-0.05, 0) is 19.4 Å². The third-order valence-corrected chi connectivity index (χ3v) is 1.41. The van der Waals surface area contributed by atoms with E-state index in [0.717, 1.165) is 5.56 Å². The fourth-order valence-corrected chi connectivity index (χ4v) is 0.873. The van der Waals surface area contributed by atoms with Crippen LogP contribution in [0.4, 0.5) is 0 Å². The first-order valence-electron chi connectivity index (χ1n) is 4.23. The highest BCUT2D eigenvalue weighted by molar-refractivity contribution is 5.14. The lowest BCUT2D eigenvalue weighted by Crippen LogP contribution is -2.13. The molecule has 0 aliphatic rings. The summed E-state index contributed by atoms with van der Waals surface area (Å²) in [5.74, 6) is 0. The summed E-state index contributed by atoms with van der Waals surface area (Å²) in [5.41, 5.74) is 0.0323. The Morgan fingerprint density at radius 1 is 1.23 bits per heavy atom. The van der Waals surface area contributed by atoms with Crippen LogP contribution in [-0.4, -0.2) is 10.8 Å². The second kappa shape index (κ2) is 4.14. The Kier molecular flexibility index (Phi) is 3.14. The van der Waals surface area contributed by atoms with E-state index in [1.54, 1.807) is 13.8 Å². The van der Waals surface area contributed by atoms with Gasteiger partial charge in [-0.1, -0.05) is 30.3 Å². The van der Waals surface area contributed by atoms with Gasteiger partial charge in [0.25, 0.3) is 0 Å². The van der Waals surface area contributed by atoms with Crippen LogP contribution in [0.15, 0.2) is 40.6 Å². The molecule has 0 fully saturated rings. The second-order valence-corrected chi connectivity index (χ2v) is 3.38. The molecule has 0 unspecified atom stereocenters. The number of aliphatic hydroxyl groups is 1. The molecule has 0 amide bonds. The van der Waals surface area contributed by atoms with Crippen molar-refractivity contribution in [1.82, 2.24) is 0 Å². The Morgan fingerprint density at radius 3 is 2.38 bits per heavy atom. The lowest BCUT2D eigenvalue weighted by Gasteiger charge is -2.07. The minimum absolute atomic E-state index is 0.519. The molecule has 0 spiro atoms. The summed E-state index contributed by atoms with van der Waals surface area (Å²) in [7, 11) is 0. The largest absolute Gasteiger partial charge is 0.368 e. The Bertz CT molecular complexity index is 275. The van der Waals surface area contributed by atoms with E-state index in [2.05, 4.69) is 10.2 Å². The van der Waals surface area contributed by atoms with E-state index >= 15 is 0 Å². The fraction of sp³-hybridized carbons (Fsp3) is 0.400. The van der Waals surface area contributed by atoms with Gasteiger partial charge in [0, 0.05) is 0 Å². The lowest BCUT2D eigenvalue weighted by molar-refractivity contribution is 0.0814. The van der Waals surface area contributed by atoms with Crippen LogP contribution in [0.5, 0.6) is 0 Å². The zero-order valence-electron chi connectivity index (χ0n) is 7.94. The molecule has 0 saturated heterocycles. The third kappa shape index (κ3) is 4.38. The SMILES string of the molecule is CC(C)(O)/N=N/Cc1ccccc1. The number of nitrogens with zero attached hydrogens (tertiary/aromatic N) is 2. The van der Waals surface area contributed by atoms with Crippen molar-refractivity contribution in [3.05, 3.63) is 35.9 Å². The molecule has 0 bridgehead atoms. The van der Waals surface area contributed by atoms with Gasteiger partial charge in [0.1, 0.15) is 0 Å². The highest BCUT2D eigenvalue weighted by atomic mass is 16.3. The first kappa shape index (κ1) is 9.86. The van der Waals surface area contributed by atoms with Gasteiger partial charge < -0.3 is 5.11 Å². The van der Waals surface area contributed by atoms with Crippen LogP contribution in [0.25, 0.3) is 0 Å². The van der Waals surface area contributed by atoms with E-state index in [4.69, 9.17) is 0 Å². The van der Waals surface area contributed by atoms with Crippen LogP contribution in [0, 0.1) is 0 Å². The predicted octanol–water partition coefficient (Wildman–Crippen LogP) is 2.37. The summed E-state index contributed by atoms with van der Waals surface area (Å²) in [6.07, 6.45) is 0. The van der Waals surface area contributed by atoms with Gasteiger partial charge in [-0.25, -0.2) is 0 Å². The van der Waals surface area contributed by atoms with Crippen LogP contribution in [0.3, 0.4) is 0 Å². The average Bonchev–Trinajstić information content (AvgIpc) is 2.04. The van der Waals surface area contributed by atoms with Crippen molar-refractivity contribution in [1.29, 1.82) is 0 Å². The minimum Gasteiger partial charge on any atom is -0.368 e. The van der Waals surface area contributed by atoms with Crippen molar-refractivity contribution in [3.63, 3.8) is 0 Å². The van der Waals surface area contributed by atoms with E-state index in [0.29, 0.717) is 6.54 Å². The van der Waals surface area contributed by atoms with E-state index in [9.17, 15) is 5.11 Å². The Hall–Kier alpha value is -1.22. The zero-order valence-corrected chi connectivity index (χ0v) is 7.94. The van der Waals surface area contributed by atoms with Gasteiger partial charge in [-0.3, -0.25) is 0 Å². The Balaban J connectivity index is 2.49. The quantitative estimate of drug-likeness (QED) is 0.709. The molecular weight excluding hydrogens is 164 g/mol. The van der Waals surface area contributed by atoms with Gasteiger partial charge in [0.2, 0.25) is 0 Å². The standard InChI is InChI=1S/C10H14N2O/c1-10(2,13)12-11-8-9-6-4-3-5-7-9/h3-7,13H,8H2,1-2H3/b12-11+. The van der Waals surface area contributed by atoms with Crippen molar-refractivity contribution >= 4 is 0 Å². The van der Waals surface area contributed by atoms with Crippen molar-refractivity contribution in [3.8, 4) is 0 Å². The van der Waals surface area contributed by atoms with Crippen LogP contribution >= 0.6 is 0 Å². The highest BCUT2D eigenvalue weighted by Gasteiger charge is 2.07. The Labute approximate surface area is 78.1 Å². The molecule has 13 heavy (non-hydrogen) atoms. The molecule has 1 aromatic carbocycles. The van der Waals surface area contributed by atoms with Crippen molar-refractivity contribution in [2.24, 2.45) is 10.2 Å². The van der Waals surface area contributed by atoms with Crippen LogP contribution < -0.4 is 0 Å². The topological polar surface area (TPSA) is 45.0 Å². The third-order valence-electron chi connectivity index (χ3n) is 1.41. The normalized spacial score (nSPS) is 12.2. The van der Waals surface area contributed by atoms with Gasteiger partial charge in [-0.2, -0.15) is 10.2 Å². The number of benzene rings is 1. The van der Waals surface area contributed by atoms with Crippen LogP contribution in [-0.2, 0) is 6.54 Å². The first-order chi connectivity index (χ1) is 6.08. The highest BCUT2D eigenvalue weighted by Crippen LogP contribution is 2.06.